The monoisotopic (exact) mass is 303 g/mol. The zero-order chi connectivity index (χ0) is 16.1. The fraction of sp³-hybridized carbons (Fsp3) is 0.400. The van der Waals surface area contributed by atoms with Gasteiger partial charge in [0.15, 0.2) is 0 Å². The Morgan fingerprint density at radius 1 is 1.32 bits per heavy atom. The molecule has 2 rings (SSSR count). The van der Waals surface area contributed by atoms with Crippen LogP contribution in [0.1, 0.15) is 10.5 Å². The third-order valence-electron chi connectivity index (χ3n) is 3.20. The number of nitrogens with one attached hydrogen (secondary N) is 1. The molecule has 0 unspecified atom stereocenters. The molecule has 0 saturated heterocycles. The van der Waals surface area contributed by atoms with E-state index in [0.717, 1.165) is 11.1 Å². The van der Waals surface area contributed by atoms with E-state index in [9.17, 15) is 4.79 Å². The lowest BCUT2D eigenvalue weighted by Gasteiger charge is -2.09. The first-order valence-corrected chi connectivity index (χ1v) is 6.96. The van der Waals surface area contributed by atoms with E-state index in [1.54, 1.807) is 24.1 Å². The van der Waals surface area contributed by atoms with Crippen molar-refractivity contribution in [3.8, 4) is 11.1 Å². The largest absolute Gasteiger partial charge is 0.383 e. The molecule has 118 valence electrons. The van der Waals surface area contributed by atoms with Crippen LogP contribution >= 0.6 is 0 Å². The van der Waals surface area contributed by atoms with Crippen molar-refractivity contribution in [2.75, 3.05) is 39.3 Å². The maximum Gasteiger partial charge on any atom is 0.267 e. The normalized spacial score (nSPS) is 10.5. The van der Waals surface area contributed by atoms with E-state index in [-0.39, 0.29) is 5.91 Å². The molecule has 0 aliphatic heterocycles. The van der Waals surface area contributed by atoms with Crippen LogP contribution in [0, 0.1) is 0 Å². The number of carbonyl (C=O) groups excluding carboxylic acids is 1. The maximum atomic E-state index is 12.1. The molecule has 0 saturated carbocycles. The molecule has 1 N–H and O–H groups in total. The highest BCUT2D eigenvalue weighted by molar-refractivity contribution is 5.94. The van der Waals surface area contributed by atoms with Crippen molar-refractivity contribution >= 4 is 11.9 Å². The summed E-state index contributed by atoms with van der Waals surface area (Å²) in [4.78, 5) is 22.5. The average molecular weight is 303 g/mol. The van der Waals surface area contributed by atoms with Gasteiger partial charge in [0.05, 0.1) is 6.61 Å². The van der Waals surface area contributed by atoms with Gasteiger partial charge in [0.2, 0.25) is 5.95 Å². The number of carbonyl (C=O) groups is 1. The lowest BCUT2D eigenvalue weighted by atomic mass is 10.2. The van der Waals surface area contributed by atoms with E-state index in [1.165, 1.54) is 0 Å². The number of hydrogen-bond donors (Lipinski definition) is 1. The molecule has 0 bridgehead atoms. The van der Waals surface area contributed by atoms with Crippen LogP contribution < -0.4 is 10.2 Å². The first-order valence-electron chi connectivity index (χ1n) is 6.96. The van der Waals surface area contributed by atoms with Crippen LogP contribution in [0.4, 0.5) is 5.95 Å². The van der Waals surface area contributed by atoms with Crippen molar-refractivity contribution in [3.05, 3.63) is 30.4 Å². The Morgan fingerprint density at radius 3 is 2.59 bits per heavy atom. The highest BCUT2D eigenvalue weighted by Crippen LogP contribution is 2.21. The maximum absolute atomic E-state index is 12.1. The molecule has 7 nitrogen and oxygen atoms in total. The number of rotatable bonds is 6. The fourth-order valence-corrected chi connectivity index (χ4v) is 2.01. The Morgan fingerprint density at radius 2 is 2.00 bits per heavy atom. The van der Waals surface area contributed by atoms with Crippen molar-refractivity contribution in [1.82, 2.24) is 19.9 Å². The Labute approximate surface area is 129 Å². The van der Waals surface area contributed by atoms with Gasteiger partial charge in [-0.15, -0.1) is 0 Å². The average Bonchev–Trinajstić information content (AvgIpc) is 2.89. The molecule has 0 fully saturated rings. The standard InChI is InChI=1S/C15H21N5O2/c1-19(2)15-17-8-12(9-18-15)11-7-13(20(3)10-11)14(21)16-5-6-22-4/h7-10H,5-6H2,1-4H3,(H,16,21). The predicted octanol–water partition coefficient (Wildman–Crippen LogP) is 0.924. The second-order valence-corrected chi connectivity index (χ2v) is 5.14. The molecule has 1 amide bonds. The molecule has 2 heterocycles. The summed E-state index contributed by atoms with van der Waals surface area (Å²) in [5.41, 5.74) is 2.37. The number of hydrogen-bond acceptors (Lipinski definition) is 5. The van der Waals surface area contributed by atoms with Gasteiger partial charge in [0.25, 0.3) is 5.91 Å². The Hall–Kier alpha value is -2.41. The highest BCUT2D eigenvalue weighted by atomic mass is 16.5. The Bertz CT molecular complexity index is 634. The minimum Gasteiger partial charge on any atom is -0.383 e. The topological polar surface area (TPSA) is 72.3 Å². The van der Waals surface area contributed by atoms with Gasteiger partial charge in [-0.25, -0.2) is 9.97 Å². The van der Waals surface area contributed by atoms with Crippen molar-refractivity contribution in [3.63, 3.8) is 0 Å². The van der Waals surface area contributed by atoms with Crippen molar-refractivity contribution < 1.29 is 9.53 Å². The van der Waals surface area contributed by atoms with Gasteiger partial charge in [0, 0.05) is 64.5 Å². The number of aryl methyl sites for hydroxylation is 1. The molecule has 0 atom stereocenters. The zero-order valence-electron chi connectivity index (χ0n) is 13.3. The molecule has 0 aromatic carbocycles. The number of aromatic nitrogens is 3. The van der Waals surface area contributed by atoms with Gasteiger partial charge in [-0.3, -0.25) is 4.79 Å². The molecular weight excluding hydrogens is 282 g/mol. The van der Waals surface area contributed by atoms with E-state index in [1.807, 2.05) is 38.3 Å². The SMILES string of the molecule is COCCNC(=O)c1cc(-c2cnc(N(C)C)nc2)cn1C. The van der Waals surface area contributed by atoms with Crippen LogP contribution in [-0.4, -0.2) is 54.8 Å². The number of anilines is 1. The van der Waals surface area contributed by atoms with Crippen LogP contribution in [0.2, 0.25) is 0 Å². The van der Waals surface area contributed by atoms with E-state index in [0.29, 0.717) is 24.8 Å². The summed E-state index contributed by atoms with van der Waals surface area (Å²) >= 11 is 0. The molecule has 0 spiro atoms. The van der Waals surface area contributed by atoms with Crippen molar-refractivity contribution in [2.24, 2.45) is 7.05 Å². The first-order chi connectivity index (χ1) is 10.5. The summed E-state index contributed by atoms with van der Waals surface area (Å²) < 4.78 is 6.71. The van der Waals surface area contributed by atoms with Crippen LogP contribution in [0.25, 0.3) is 11.1 Å². The molecule has 0 aliphatic rings. The first kappa shape index (κ1) is 16.0. The second-order valence-electron chi connectivity index (χ2n) is 5.14. The summed E-state index contributed by atoms with van der Waals surface area (Å²) in [6.07, 6.45) is 5.40. The number of ether oxygens (including phenoxy) is 1. The minimum atomic E-state index is -0.128. The van der Waals surface area contributed by atoms with E-state index in [2.05, 4.69) is 15.3 Å². The predicted molar refractivity (Wildman–Crippen MR) is 85.0 cm³/mol. The third-order valence-corrected chi connectivity index (χ3v) is 3.20. The second kappa shape index (κ2) is 7.04. The summed E-state index contributed by atoms with van der Waals surface area (Å²) in [6.45, 7) is 0.972. The summed E-state index contributed by atoms with van der Waals surface area (Å²) in [6, 6.07) is 1.83. The lowest BCUT2D eigenvalue weighted by molar-refractivity contribution is 0.0929. The van der Waals surface area contributed by atoms with Gasteiger partial charge < -0.3 is 19.5 Å². The van der Waals surface area contributed by atoms with Crippen molar-refractivity contribution in [2.45, 2.75) is 0 Å². The molecule has 22 heavy (non-hydrogen) atoms. The smallest absolute Gasteiger partial charge is 0.267 e. The Kier molecular flexibility index (Phi) is 5.11. The van der Waals surface area contributed by atoms with Crippen molar-refractivity contribution in [1.29, 1.82) is 0 Å². The number of nitrogens with zero attached hydrogens (tertiary/aromatic N) is 4. The van der Waals surface area contributed by atoms with Gasteiger partial charge in [-0.1, -0.05) is 0 Å². The van der Waals surface area contributed by atoms with Gasteiger partial charge in [0.1, 0.15) is 5.69 Å². The van der Waals surface area contributed by atoms with Crippen LogP contribution in [0.15, 0.2) is 24.7 Å². The highest BCUT2D eigenvalue weighted by Gasteiger charge is 2.13. The molecule has 2 aromatic heterocycles. The number of amides is 1. The summed E-state index contributed by atoms with van der Waals surface area (Å²) in [5, 5.41) is 2.81. The van der Waals surface area contributed by atoms with Gasteiger partial charge >= 0.3 is 0 Å². The zero-order valence-corrected chi connectivity index (χ0v) is 13.3. The Balaban J connectivity index is 2.16. The lowest BCUT2D eigenvalue weighted by Crippen LogP contribution is -2.28. The molecule has 0 aliphatic carbocycles. The fourth-order valence-electron chi connectivity index (χ4n) is 2.01. The summed E-state index contributed by atoms with van der Waals surface area (Å²) in [7, 11) is 7.22. The minimum absolute atomic E-state index is 0.128. The molecule has 2 aromatic rings. The summed E-state index contributed by atoms with van der Waals surface area (Å²) in [5.74, 6) is 0.522. The van der Waals surface area contributed by atoms with Crippen LogP contribution in [0.3, 0.4) is 0 Å². The van der Waals surface area contributed by atoms with Gasteiger partial charge in [-0.05, 0) is 6.07 Å². The van der Waals surface area contributed by atoms with Crippen LogP contribution in [0.5, 0.6) is 0 Å². The molecule has 0 radical (unpaired) electrons. The number of methoxy groups -OCH3 is 1. The van der Waals surface area contributed by atoms with E-state index >= 15 is 0 Å². The van der Waals surface area contributed by atoms with Gasteiger partial charge in [-0.2, -0.15) is 0 Å². The molecular formula is C15H21N5O2. The molecule has 7 heteroatoms. The quantitative estimate of drug-likeness (QED) is 0.804. The third kappa shape index (κ3) is 3.62. The van der Waals surface area contributed by atoms with E-state index < -0.39 is 0 Å². The van der Waals surface area contributed by atoms with E-state index in [4.69, 9.17) is 4.74 Å². The van der Waals surface area contributed by atoms with Crippen LogP contribution in [-0.2, 0) is 11.8 Å².